The average Bonchev–Trinajstić information content (AvgIpc) is 3.72. The largest absolute Gasteiger partial charge is 0.481 e. The van der Waals surface area contributed by atoms with Gasteiger partial charge in [-0.1, -0.05) is 46.5 Å². The molecule has 256 valence electrons. The van der Waals surface area contributed by atoms with E-state index in [1.54, 1.807) is 0 Å². The summed E-state index contributed by atoms with van der Waals surface area (Å²) in [6, 6.07) is 6.12. The average molecular weight is 655 g/mol. The van der Waals surface area contributed by atoms with E-state index >= 15 is 0 Å². The number of carboxylic acids is 2. The van der Waals surface area contributed by atoms with Gasteiger partial charge >= 0.3 is 11.9 Å². The van der Waals surface area contributed by atoms with Gasteiger partial charge < -0.3 is 24.9 Å². The molecule has 0 spiro atoms. The lowest BCUT2D eigenvalue weighted by atomic mass is 9.85. The number of aliphatic carboxylic acids is 1. The van der Waals surface area contributed by atoms with E-state index in [4.69, 9.17) is 14.7 Å². The lowest BCUT2D eigenvalue weighted by Gasteiger charge is -2.16. The maximum Gasteiger partial charge on any atom is 0.338 e. The zero-order valence-electron chi connectivity index (χ0n) is 29.5. The van der Waals surface area contributed by atoms with E-state index in [0.717, 1.165) is 69.7 Å². The molecule has 4 N–H and O–H groups in total. The molecule has 0 radical (unpaired) electrons. The van der Waals surface area contributed by atoms with E-state index in [-0.39, 0.29) is 23.8 Å². The van der Waals surface area contributed by atoms with Gasteiger partial charge in [0.1, 0.15) is 0 Å². The van der Waals surface area contributed by atoms with Crippen LogP contribution < -0.4 is 0 Å². The molecule has 0 amide bonds. The predicted molar refractivity (Wildman–Crippen MR) is 192 cm³/mol. The Morgan fingerprint density at radius 2 is 1.58 bits per heavy atom. The Balaban J connectivity index is 1.78. The Bertz CT molecular complexity index is 1910. The van der Waals surface area contributed by atoms with Crippen LogP contribution in [0.25, 0.3) is 33.2 Å². The number of aryl methyl sites for hydroxylation is 4. The highest BCUT2D eigenvalue weighted by Crippen LogP contribution is 2.42. The number of hydrogen-bond donors (Lipinski definition) is 4. The van der Waals surface area contributed by atoms with Crippen LogP contribution in [0.5, 0.6) is 0 Å². The summed E-state index contributed by atoms with van der Waals surface area (Å²) >= 11 is 0. The van der Waals surface area contributed by atoms with Crippen LogP contribution >= 0.6 is 0 Å². The third-order valence-corrected chi connectivity index (χ3v) is 10.3. The Labute approximate surface area is 282 Å². The van der Waals surface area contributed by atoms with Crippen molar-refractivity contribution in [2.45, 2.75) is 112 Å². The molecule has 2 aliphatic heterocycles. The summed E-state index contributed by atoms with van der Waals surface area (Å²) in [5.41, 5.74) is 12.2. The molecule has 3 aromatic rings. The van der Waals surface area contributed by atoms with E-state index in [9.17, 15) is 19.8 Å². The van der Waals surface area contributed by atoms with Gasteiger partial charge in [-0.15, -0.1) is 0 Å². The van der Waals surface area contributed by atoms with Crippen LogP contribution in [-0.2, 0) is 16.0 Å². The molecule has 0 fully saturated rings. The molecule has 5 rings (SSSR count). The van der Waals surface area contributed by atoms with E-state index in [1.165, 1.54) is 19.3 Å². The van der Waals surface area contributed by atoms with Gasteiger partial charge in [0.2, 0.25) is 0 Å². The van der Waals surface area contributed by atoms with Crippen molar-refractivity contribution in [3.63, 3.8) is 0 Å². The standard InChI is InChI=1S/C39H50N4O5/c1-8-10-11-12-13-16-48-20-28-23(5)29-17-31-22(4)27(14-15-35(44)45)37(42-31)25(7)38-36(39(46)47)24(6)32(43-38)19-33-26(9-2)21(3)30(40-33)18-34(28)41-29/h17-19,22,27,40,43H,8-16,20H2,1-7H3,(H,44,45)(H,46,47)/t22-,27-/m0/s1. The van der Waals surface area contributed by atoms with Gasteiger partial charge in [-0.3, -0.25) is 9.78 Å². The van der Waals surface area contributed by atoms with Crippen LogP contribution in [0.1, 0.15) is 140 Å². The number of aromatic amines is 2. The minimum absolute atomic E-state index is 0.00999. The molecule has 0 saturated carbocycles. The van der Waals surface area contributed by atoms with Gasteiger partial charge in [0.05, 0.1) is 29.1 Å². The molecule has 9 nitrogen and oxygen atoms in total. The molecule has 8 bridgehead atoms. The number of nitrogens with one attached hydrogen (secondary N) is 2. The number of fused-ring (bicyclic) bond motifs is 8. The molecule has 5 heterocycles. The molecule has 9 heteroatoms. The maximum atomic E-state index is 12.7. The predicted octanol–water partition coefficient (Wildman–Crippen LogP) is 9.17. The molecule has 0 aliphatic carbocycles. The molecule has 0 saturated heterocycles. The number of aromatic nitrogens is 4. The number of rotatable bonds is 13. The highest BCUT2D eigenvalue weighted by molar-refractivity contribution is 6.02. The second-order valence-corrected chi connectivity index (χ2v) is 13.4. The first-order chi connectivity index (χ1) is 23.0. The molecule has 48 heavy (non-hydrogen) atoms. The van der Waals surface area contributed by atoms with Gasteiger partial charge in [-0.05, 0) is 93.0 Å². The van der Waals surface area contributed by atoms with Crippen molar-refractivity contribution in [1.82, 2.24) is 19.9 Å². The van der Waals surface area contributed by atoms with Crippen molar-refractivity contribution in [3.05, 3.63) is 68.8 Å². The molecule has 2 aliphatic rings. The molecule has 0 aromatic carbocycles. The molecular formula is C39H50N4O5. The zero-order chi connectivity index (χ0) is 34.7. The highest BCUT2D eigenvalue weighted by atomic mass is 16.5. The van der Waals surface area contributed by atoms with Crippen molar-refractivity contribution < 1.29 is 24.5 Å². The van der Waals surface area contributed by atoms with Crippen molar-refractivity contribution in [3.8, 4) is 0 Å². The van der Waals surface area contributed by atoms with Crippen LogP contribution in [0.15, 0.2) is 18.2 Å². The first-order valence-corrected chi connectivity index (χ1v) is 17.4. The normalized spacial score (nSPS) is 16.1. The summed E-state index contributed by atoms with van der Waals surface area (Å²) in [5.74, 6) is -2.18. The fraction of sp³-hybridized carbons (Fsp3) is 0.487. The summed E-state index contributed by atoms with van der Waals surface area (Å²) in [7, 11) is 0. The van der Waals surface area contributed by atoms with Gasteiger partial charge in [0.25, 0.3) is 0 Å². The van der Waals surface area contributed by atoms with Crippen LogP contribution in [-0.4, -0.2) is 55.3 Å². The number of ether oxygens (including phenoxy) is 1. The third kappa shape index (κ3) is 6.97. The zero-order valence-corrected chi connectivity index (χ0v) is 29.5. The number of allylic oxidation sites excluding steroid dienone is 1. The van der Waals surface area contributed by atoms with Crippen LogP contribution in [0.4, 0.5) is 0 Å². The minimum atomic E-state index is -1.02. The first kappa shape index (κ1) is 35.1. The van der Waals surface area contributed by atoms with Crippen molar-refractivity contribution in [1.29, 1.82) is 0 Å². The Hall–Kier alpha value is -4.24. The van der Waals surface area contributed by atoms with Gasteiger partial charge in [-0.25, -0.2) is 9.78 Å². The number of aromatic carboxylic acids is 1. The Kier molecular flexibility index (Phi) is 10.9. The minimum Gasteiger partial charge on any atom is -0.481 e. The number of hydrogen-bond acceptors (Lipinski definition) is 5. The smallest absolute Gasteiger partial charge is 0.338 e. The van der Waals surface area contributed by atoms with Crippen LogP contribution in [0.3, 0.4) is 0 Å². The molecule has 3 aromatic heterocycles. The number of nitrogens with zero attached hydrogens (tertiary/aromatic N) is 2. The Morgan fingerprint density at radius 1 is 0.854 bits per heavy atom. The fourth-order valence-corrected chi connectivity index (χ4v) is 7.27. The fourth-order valence-electron chi connectivity index (χ4n) is 7.27. The molecule has 2 atom stereocenters. The van der Waals surface area contributed by atoms with E-state index in [1.807, 2.05) is 26.0 Å². The lowest BCUT2D eigenvalue weighted by Crippen LogP contribution is -2.07. The summed E-state index contributed by atoms with van der Waals surface area (Å²) in [6.07, 6.45) is 7.06. The maximum absolute atomic E-state index is 12.7. The number of carboxylic acid groups (broad SMARTS) is 2. The number of H-pyrrole nitrogens is 2. The molecular weight excluding hydrogens is 604 g/mol. The second-order valence-electron chi connectivity index (χ2n) is 13.4. The first-order valence-electron chi connectivity index (χ1n) is 17.4. The van der Waals surface area contributed by atoms with E-state index < -0.39 is 11.9 Å². The highest BCUT2D eigenvalue weighted by Gasteiger charge is 2.32. The topological polar surface area (TPSA) is 141 Å². The summed E-state index contributed by atoms with van der Waals surface area (Å²) in [4.78, 5) is 41.7. The Morgan fingerprint density at radius 3 is 2.27 bits per heavy atom. The monoisotopic (exact) mass is 654 g/mol. The summed E-state index contributed by atoms with van der Waals surface area (Å²) in [5, 5.41) is 20.0. The van der Waals surface area contributed by atoms with Crippen molar-refractivity contribution in [2.75, 3.05) is 13.2 Å². The third-order valence-electron chi connectivity index (χ3n) is 10.3. The van der Waals surface area contributed by atoms with E-state index in [2.05, 4.69) is 50.7 Å². The number of carbonyl (C=O) groups is 2. The van der Waals surface area contributed by atoms with Gasteiger partial charge in [-0.2, -0.15) is 0 Å². The number of unbranched alkanes of at least 4 members (excludes halogenated alkanes) is 4. The van der Waals surface area contributed by atoms with Gasteiger partial charge in [0.15, 0.2) is 0 Å². The second kappa shape index (κ2) is 14.9. The summed E-state index contributed by atoms with van der Waals surface area (Å²) in [6.45, 7) is 15.5. The molecule has 0 unspecified atom stereocenters. The lowest BCUT2D eigenvalue weighted by molar-refractivity contribution is -0.137. The van der Waals surface area contributed by atoms with Crippen LogP contribution in [0, 0.1) is 20.8 Å². The van der Waals surface area contributed by atoms with Crippen molar-refractivity contribution in [2.24, 2.45) is 0 Å². The SMILES string of the molecule is CCCCCCCOCC1=C(C)c2cc3nc(c(C)c4[nH]c(cc5[nH]c(cc1n2)c(C)c5CC)c(C)c4C(=O)O)[C@@H](CCC(=O)O)[C@@H]3C. The summed E-state index contributed by atoms with van der Waals surface area (Å²) < 4.78 is 6.23. The van der Waals surface area contributed by atoms with E-state index in [0.29, 0.717) is 47.5 Å². The quantitative estimate of drug-likeness (QED) is 0.135. The van der Waals surface area contributed by atoms with Gasteiger partial charge in [0, 0.05) is 58.4 Å². The van der Waals surface area contributed by atoms with Crippen molar-refractivity contribution >= 4 is 45.2 Å². The van der Waals surface area contributed by atoms with Crippen LogP contribution in [0.2, 0.25) is 0 Å².